The van der Waals surface area contributed by atoms with Gasteiger partial charge in [-0.05, 0) is 18.2 Å². The molecule has 1 N–H and O–H groups in total. The van der Waals surface area contributed by atoms with Gasteiger partial charge in [-0.25, -0.2) is 14.1 Å². The van der Waals surface area contributed by atoms with Crippen LogP contribution < -0.4 is 10.1 Å². The van der Waals surface area contributed by atoms with Crippen molar-refractivity contribution in [3.05, 3.63) is 72.6 Å². The Kier molecular flexibility index (Phi) is 4.81. The highest BCUT2D eigenvalue weighted by atomic mass is 19.1. The van der Waals surface area contributed by atoms with Crippen molar-refractivity contribution in [1.29, 1.82) is 0 Å². The van der Waals surface area contributed by atoms with E-state index < -0.39 is 5.82 Å². The maximum absolute atomic E-state index is 13.7. The Morgan fingerprint density at radius 3 is 2.62 bits per heavy atom. The number of para-hydroxylation sites is 2. The van der Waals surface area contributed by atoms with Gasteiger partial charge in [-0.15, -0.1) is 0 Å². The van der Waals surface area contributed by atoms with Gasteiger partial charge in [-0.1, -0.05) is 30.3 Å². The first kappa shape index (κ1) is 15.7. The first-order valence-electron chi connectivity index (χ1n) is 7.32. The molecular weight excluding hydrogens is 311 g/mol. The van der Waals surface area contributed by atoms with Crippen molar-refractivity contribution in [3.8, 4) is 11.5 Å². The largest absolute Gasteiger partial charge is 0.454 e. The van der Waals surface area contributed by atoms with Crippen molar-refractivity contribution in [2.45, 2.75) is 13.1 Å². The zero-order chi connectivity index (χ0) is 16.8. The van der Waals surface area contributed by atoms with E-state index in [0.29, 0.717) is 5.75 Å². The molecular formula is C17H15FN4O2. The van der Waals surface area contributed by atoms with E-state index in [1.807, 2.05) is 12.1 Å². The van der Waals surface area contributed by atoms with Gasteiger partial charge in [0, 0.05) is 12.1 Å². The summed E-state index contributed by atoms with van der Waals surface area (Å²) in [5.74, 6) is -0.0220. The molecule has 0 fully saturated rings. The Morgan fingerprint density at radius 2 is 1.88 bits per heavy atom. The lowest BCUT2D eigenvalue weighted by molar-refractivity contribution is -0.122. The average Bonchev–Trinajstić information content (AvgIpc) is 3.09. The molecule has 7 heteroatoms. The van der Waals surface area contributed by atoms with Crippen LogP contribution in [0, 0.1) is 5.82 Å². The third-order valence-corrected chi connectivity index (χ3v) is 3.28. The van der Waals surface area contributed by atoms with Crippen LogP contribution in [0.1, 0.15) is 5.56 Å². The second kappa shape index (κ2) is 7.36. The lowest BCUT2D eigenvalue weighted by Gasteiger charge is -2.12. The third kappa shape index (κ3) is 3.95. The van der Waals surface area contributed by atoms with E-state index in [0.717, 1.165) is 5.56 Å². The van der Waals surface area contributed by atoms with Crippen LogP contribution in [0.15, 0.2) is 61.2 Å². The highest BCUT2D eigenvalue weighted by molar-refractivity contribution is 5.75. The molecule has 0 atom stereocenters. The molecule has 3 rings (SSSR count). The Balaban J connectivity index is 1.66. The average molecular weight is 326 g/mol. The number of amides is 1. The molecule has 3 aromatic rings. The van der Waals surface area contributed by atoms with E-state index in [4.69, 9.17) is 4.74 Å². The molecule has 0 spiro atoms. The van der Waals surface area contributed by atoms with E-state index >= 15 is 0 Å². The molecule has 0 aliphatic rings. The zero-order valence-corrected chi connectivity index (χ0v) is 12.7. The number of hydrogen-bond acceptors (Lipinski definition) is 4. The summed E-state index contributed by atoms with van der Waals surface area (Å²) >= 11 is 0. The number of halogens is 1. The van der Waals surface area contributed by atoms with Gasteiger partial charge in [0.2, 0.25) is 5.91 Å². The molecule has 24 heavy (non-hydrogen) atoms. The number of hydrogen-bond donors (Lipinski definition) is 1. The normalized spacial score (nSPS) is 10.4. The molecule has 122 valence electrons. The molecule has 0 unspecified atom stereocenters. The molecule has 0 aliphatic heterocycles. The molecule has 1 amide bonds. The molecule has 1 aromatic heterocycles. The Morgan fingerprint density at radius 1 is 1.12 bits per heavy atom. The second-order valence-electron chi connectivity index (χ2n) is 5.01. The lowest BCUT2D eigenvalue weighted by Crippen LogP contribution is -2.27. The van der Waals surface area contributed by atoms with Crippen molar-refractivity contribution in [2.24, 2.45) is 0 Å². The summed E-state index contributed by atoms with van der Waals surface area (Å²) in [5, 5.41) is 6.65. The van der Waals surface area contributed by atoms with Crippen LogP contribution in [0.3, 0.4) is 0 Å². The Hall–Kier alpha value is -3.22. The first-order valence-corrected chi connectivity index (χ1v) is 7.32. The van der Waals surface area contributed by atoms with Crippen LogP contribution >= 0.6 is 0 Å². The molecule has 0 bridgehead atoms. The van der Waals surface area contributed by atoms with Gasteiger partial charge in [-0.3, -0.25) is 4.79 Å². The first-order chi connectivity index (χ1) is 11.7. The highest BCUT2D eigenvalue weighted by Crippen LogP contribution is 2.27. The Labute approximate surface area is 137 Å². The van der Waals surface area contributed by atoms with Crippen molar-refractivity contribution >= 4 is 5.91 Å². The molecule has 2 aromatic carbocycles. The van der Waals surface area contributed by atoms with Gasteiger partial charge in [0.25, 0.3) is 0 Å². The number of aromatic nitrogens is 3. The van der Waals surface area contributed by atoms with Crippen LogP contribution in [0.4, 0.5) is 4.39 Å². The van der Waals surface area contributed by atoms with E-state index in [2.05, 4.69) is 15.4 Å². The second-order valence-corrected chi connectivity index (χ2v) is 5.01. The predicted molar refractivity (Wildman–Crippen MR) is 84.8 cm³/mol. The maximum Gasteiger partial charge on any atom is 0.242 e. The van der Waals surface area contributed by atoms with E-state index in [1.54, 1.807) is 30.3 Å². The molecule has 6 nitrogen and oxygen atoms in total. The fraction of sp³-hybridized carbons (Fsp3) is 0.118. The minimum Gasteiger partial charge on any atom is -0.454 e. The SMILES string of the molecule is O=C(Cn1cncn1)NCc1ccccc1Oc1ccccc1F. The summed E-state index contributed by atoms with van der Waals surface area (Å²) in [7, 11) is 0. The summed E-state index contributed by atoms with van der Waals surface area (Å²) in [6, 6.07) is 13.3. The van der Waals surface area contributed by atoms with Gasteiger partial charge >= 0.3 is 0 Å². The van der Waals surface area contributed by atoms with Gasteiger partial charge in [-0.2, -0.15) is 5.10 Å². The van der Waals surface area contributed by atoms with Crippen LogP contribution in [0.2, 0.25) is 0 Å². The van der Waals surface area contributed by atoms with Crippen LogP contribution in [-0.4, -0.2) is 20.7 Å². The number of rotatable bonds is 6. The monoisotopic (exact) mass is 326 g/mol. The molecule has 0 saturated carbocycles. The van der Waals surface area contributed by atoms with Gasteiger partial charge < -0.3 is 10.1 Å². The quantitative estimate of drug-likeness (QED) is 0.756. The number of nitrogens with one attached hydrogen (secondary N) is 1. The summed E-state index contributed by atoms with van der Waals surface area (Å²) in [4.78, 5) is 15.7. The fourth-order valence-electron chi connectivity index (χ4n) is 2.11. The van der Waals surface area contributed by atoms with Crippen molar-refractivity contribution in [3.63, 3.8) is 0 Å². The van der Waals surface area contributed by atoms with Gasteiger partial charge in [0.15, 0.2) is 11.6 Å². The minimum atomic E-state index is -0.442. The van der Waals surface area contributed by atoms with Crippen molar-refractivity contribution in [2.75, 3.05) is 0 Å². The lowest BCUT2D eigenvalue weighted by atomic mass is 10.2. The van der Waals surface area contributed by atoms with E-state index in [9.17, 15) is 9.18 Å². The van der Waals surface area contributed by atoms with Crippen LogP contribution in [-0.2, 0) is 17.9 Å². The van der Waals surface area contributed by atoms with Crippen molar-refractivity contribution in [1.82, 2.24) is 20.1 Å². The fourth-order valence-corrected chi connectivity index (χ4v) is 2.11. The number of carbonyl (C=O) groups is 1. The zero-order valence-electron chi connectivity index (χ0n) is 12.7. The standard InChI is InChI=1S/C17H15FN4O2/c18-14-6-2-4-8-16(14)24-15-7-3-1-5-13(15)9-20-17(23)10-22-12-19-11-21-22/h1-8,11-12H,9-10H2,(H,20,23). The van der Waals surface area contributed by atoms with Crippen molar-refractivity contribution < 1.29 is 13.9 Å². The summed E-state index contributed by atoms with van der Waals surface area (Å²) < 4.78 is 20.8. The summed E-state index contributed by atoms with van der Waals surface area (Å²) in [6.07, 6.45) is 2.83. The smallest absolute Gasteiger partial charge is 0.242 e. The van der Waals surface area contributed by atoms with E-state index in [-0.39, 0.29) is 24.7 Å². The van der Waals surface area contributed by atoms with Gasteiger partial charge in [0.1, 0.15) is 24.9 Å². The molecule has 0 saturated heterocycles. The summed E-state index contributed by atoms with van der Waals surface area (Å²) in [6.45, 7) is 0.342. The third-order valence-electron chi connectivity index (χ3n) is 3.28. The molecule has 0 radical (unpaired) electrons. The topological polar surface area (TPSA) is 69.0 Å². The summed E-state index contributed by atoms with van der Waals surface area (Å²) in [5.41, 5.74) is 0.743. The Bertz CT molecular complexity index is 821. The molecule has 0 aliphatic carbocycles. The maximum atomic E-state index is 13.7. The molecule has 1 heterocycles. The predicted octanol–water partition coefficient (Wildman–Crippen LogP) is 2.53. The number of ether oxygens (including phenoxy) is 1. The number of carbonyl (C=O) groups excluding carboxylic acids is 1. The van der Waals surface area contributed by atoms with E-state index in [1.165, 1.54) is 23.4 Å². The van der Waals surface area contributed by atoms with Crippen LogP contribution in [0.5, 0.6) is 11.5 Å². The van der Waals surface area contributed by atoms with Gasteiger partial charge in [0.05, 0.1) is 0 Å². The van der Waals surface area contributed by atoms with Crippen LogP contribution in [0.25, 0.3) is 0 Å². The number of benzene rings is 2. The highest BCUT2D eigenvalue weighted by Gasteiger charge is 2.09. The minimum absolute atomic E-state index is 0.0797. The number of nitrogens with zero attached hydrogens (tertiary/aromatic N) is 3.